The SMILES string of the molecule is C.C.C.C.CC1=Nc2ccccc2C1(C)C.CCOC(=O)CCCBr.CCOC(=O)CCCN1/C(=C/C=C/C=C/C2(C)N(CCCC(=O)OCC)c3ccccc3C2(C)C)C(C)(C)c2ccccc21.CCOC(=O)CCCN1C(=CC=CC=CC2=[N+](CCCC(=O)OCC)c3ccccc3C2(C)C)C(C)(C)c2ccccc21.CCOC(=O)CCC[N+]1=C(C)C(C)(C)c2ccccc21.COC(C)CC(OC)OC.[Br-].[Br-]. The van der Waals surface area contributed by atoms with Gasteiger partial charge in [-0.15, -0.1) is 0 Å². The molecule has 6 aliphatic rings. The Morgan fingerprint density at radius 1 is 0.389 bits per heavy atom. The number of carbonyl (C=O) groups is 6. The van der Waals surface area contributed by atoms with Crippen molar-refractivity contribution in [1.82, 2.24) is 0 Å². The standard InChI is InChI=1S/C38H50N2O4.C37H47N2O4.C17H24NO2.C11H13N.C7H16O3.C6H11BrO2.4CH4.2BrH/c1-8-43-34(41)24-17-27-39-31-21-14-12-19-29(31)36(3,4)33(39)23-11-10-16-26-38(7)37(5,6)30-20-13-15-22-32(30)40(38)28-18-25-35(42)44-9-2;1-7-42-34(40)24-16-26-38-30-20-14-12-18-28(30)36(3,4)32(38)22-10-9-11-23-33-37(5,6)29-19-13-15-21-31(29)39(33)27-17-25-35(41)43-8-2;1-5-20-16(19)11-8-12-18-13(2)17(3,4)14-9-6-7-10-15(14)18;1-8-11(2,3)9-6-4-5-7-10(9)12-8;1-6(8-2)5-7(9-3)10-4;1-2-9-6(8)4-3-5-7;;;;;;/h10-16,19-23,26H,8-9,17-18,24-25,27-28H2,1-7H3;9-15,18-23H,7-8,16-17,24-27H2,1-6H3;6-7,9-10H,5,8,11-12H2,1-4H3;4-7H,1-3H3;6-7H,5H2,1-4H3;2-5H2,1H3;4*1H4;2*1H/q;2*+1;;;;;;;;;/p-2/b11-10+,26-16+,33-23+;;;;;;;;;;;. The smallest absolute Gasteiger partial charge is 0.306 e. The number of alkyl halides is 1. The maximum Gasteiger partial charge on any atom is 0.306 e. The van der Waals surface area contributed by atoms with Crippen LogP contribution in [0.3, 0.4) is 0 Å². The van der Waals surface area contributed by atoms with Crippen LogP contribution in [0.15, 0.2) is 223 Å². The topological polar surface area (TPSA) is 214 Å². The molecule has 6 aliphatic heterocycles. The fourth-order valence-corrected chi connectivity index (χ4v) is 19.0. The van der Waals surface area contributed by atoms with E-state index in [4.69, 9.17) is 37.9 Å². The highest BCUT2D eigenvalue weighted by atomic mass is 79.9. The van der Waals surface area contributed by atoms with Gasteiger partial charge in [-0.3, -0.25) is 33.8 Å². The summed E-state index contributed by atoms with van der Waals surface area (Å²) < 4.78 is 49.9. The molecule has 0 aliphatic carbocycles. The van der Waals surface area contributed by atoms with Crippen molar-refractivity contribution in [3.05, 3.63) is 251 Å². The molecule has 21 nitrogen and oxygen atoms in total. The lowest BCUT2D eigenvalue weighted by Crippen LogP contribution is -3.00. The Kier molecular flexibility index (Phi) is 58.6. The van der Waals surface area contributed by atoms with Gasteiger partial charge in [0.1, 0.15) is 13.1 Å². The lowest BCUT2D eigenvalue weighted by atomic mass is 9.71. The first-order valence-electron chi connectivity index (χ1n) is 49.7. The van der Waals surface area contributed by atoms with Crippen LogP contribution >= 0.6 is 15.9 Å². The Morgan fingerprint density at radius 3 is 1.16 bits per heavy atom. The Balaban J connectivity index is 0.000000950. The Morgan fingerprint density at radius 2 is 0.743 bits per heavy atom. The van der Waals surface area contributed by atoms with Crippen LogP contribution in [-0.4, -0.2) is 179 Å². The maximum atomic E-state index is 12.1. The zero-order chi connectivity index (χ0) is 102. The van der Waals surface area contributed by atoms with Gasteiger partial charge in [-0.05, 0) is 174 Å². The summed E-state index contributed by atoms with van der Waals surface area (Å²) in [5.41, 5.74) is 20.7. The van der Waals surface area contributed by atoms with Crippen molar-refractivity contribution in [2.24, 2.45) is 4.99 Å². The fraction of sp³-hybridized carbons (Fsp3) is 0.525. The summed E-state index contributed by atoms with van der Waals surface area (Å²) in [5, 5.41) is 0.867. The molecule has 144 heavy (non-hydrogen) atoms. The van der Waals surface area contributed by atoms with Crippen molar-refractivity contribution < 1.29 is 115 Å². The van der Waals surface area contributed by atoms with E-state index in [0.717, 1.165) is 88.7 Å². The van der Waals surface area contributed by atoms with Crippen molar-refractivity contribution in [3.63, 3.8) is 0 Å². The van der Waals surface area contributed by atoms with Crippen molar-refractivity contribution in [2.45, 2.75) is 316 Å². The highest BCUT2D eigenvalue weighted by molar-refractivity contribution is 9.09. The maximum absolute atomic E-state index is 12.1. The van der Waals surface area contributed by atoms with E-state index in [1.807, 2.05) is 54.5 Å². The normalized spacial score (nSPS) is 17.0. The van der Waals surface area contributed by atoms with Gasteiger partial charge in [0.05, 0.1) is 80.6 Å². The van der Waals surface area contributed by atoms with Gasteiger partial charge in [-0.1, -0.05) is 253 Å². The summed E-state index contributed by atoms with van der Waals surface area (Å²) in [4.78, 5) is 81.7. The minimum Gasteiger partial charge on any atom is -1.00 e. The monoisotopic (exact) mass is 2180 g/mol. The van der Waals surface area contributed by atoms with Gasteiger partial charge < -0.3 is 91.3 Å². The van der Waals surface area contributed by atoms with E-state index in [2.05, 4.69) is 354 Å². The van der Waals surface area contributed by atoms with E-state index in [1.54, 1.807) is 21.3 Å². The molecule has 0 radical (unpaired) electrons. The molecule has 24 heteroatoms. The molecule has 0 N–H and O–H groups in total. The molecule has 12 rings (SSSR count). The number of nitrogens with zero attached hydrogens (tertiary/aromatic N) is 6. The quantitative estimate of drug-likeness (QED) is 0.00873. The highest BCUT2D eigenvalue weighted by Crippen LogP contribution is 2.54. The second-order valence-corrected chi connectivity index (χ2v) is 39.1. The van der Waals surface area contributed by atoms with Crippen LogP contribution in [0.25, 0.3) is 0 Å². The molecule has 6 aromatic carbocycles. The Hall–Kier alpha value is -9.69. The van der Waals surface area contributed by atoms with Crippen LogP contribution in [0, 0.1) is 0 Å². The average Bonchev–Trinajstić information content (AvgIpc) is 1.56. The molecule has 0 fully saturated rings. The van der Waals surface area contributed by atoms with E-state index in [1.165, 1.54) is 90.3 Å². The molecule has 0 amide bonds. The van der Waals surface area contributed by atoms with Gasteiger partial charge in [-0.25, -0.2) is 0 Å². The van der Waals surface area contributed by atoms with E-state index in [-0.39, 0.29) is 150 Å². The molecule has 2 unspecified atom stereocenters. The molecule has 6 heterocycles. The minimum absolute atomic E-state index is 0. The van der Waals surface area contributed by atoms with Gasteiger partial charge in [0.15, 0.2) is 17.7 Å². The van der Waals surface area contributed by atoms with Gasteiger partial charge in [0, 0.05) is 183 Å². The zero-order valence-corrected chi connectivity index (χ0v) is 93.2. The number of allylic oxidation sites excluding steroid dienone is 11. The van der Waals surface area contributed by atoms with E-state index >= 15 is 0 Å². The van der Waals surface area contributed by atoms with Gasteiger partial charge in [0.2, 0.25) is 11.4 Å². The highest BCUT2D eigenvalue weighted by Gasteiger charge is 2.52. The molecule has 0 bridgehead atoms. The number of halogens is 3. The largest absolute Gasteiger partial charge is 1.00 e. The van der Waals surface area contributed by atoms with Crippen LogP contribution < -0.4 is 48.7 Å². The number of anilines is 3. The van der Waals surface area contributed by atoms with Crippen molar-refractivity contribution in [1.29, 1.82) is 0 Å². The van der Waals surface area contributed by atoms with Gasteiger partial charge in [-0.2, -0.15) is 9.15 Å². The second kappa shape index (κ2) is 63.8. The van der Waals surface area contributed by atoms with Gasteiger partial charge in [0.25, 0.3) is 0 Å². The summed E-state index contributed by atoms with van der Waals surface area (Å²) in [6.45, 7) is 53.2. The third-order valence-electron chi connectivity index (χ3n) is 27.3. The van der Waals surface area contributed by atoms with Crippen LogP contribution in [0.5, 0.6) is 0 Å². The summed E-state index contributed by atoms with van der Waals surface area (Å²) in [7, 11) is 4.92. The van der Waals surface area contributed by atoms with Crippen LogP contribution in [0.1, 0.15) is 299 Å². The third kappa shape index (κ3) is 34.7. The summed E-state index contributed by atoms with van der Waals surface area (Å²) in [6.07, 6.45) is 29.7. The fourth-order valence-electron chi connectivity index (χ4n) is 18.7. The lowest BCUT2D eigenvalue weighted by molar-refractivity contribution is -0.439. The van der Waals surface area contributed by atoms with Crippen molar-refractivity contribution >= 4 is 103 Å². The molecule has 0 saturated carbocycles. The number of fused-ring (bicyclic) bond motifs is 6. The number of methoxy groups -OCH3 is 3. The first kappa shape index (κ1) is 132. The van der Waals surface area contributed by atoms with Crippen LogP contribution in [0.2, 0.25) is 0 Å². The minimum atomic E-state index is -0.287. The molecule has 798 valence electrons. The number of hydrogen-bond acceptors (Lipinski definition) is 19. The summed E-state index contributed by atoms with van der Waals surface area (Å²) in [6, 6.07) is 51.1. The first-order chi connectivity index (χ1) is 65.8. The van der Waals surface area contributed by atoms with Crippen LogP contribution in [0.4, 0.5) is 34.1 Å². The van der Waals surface area contributed by atoms with E-state index < -0.39 is 0 Å². The number of para-hydroxylation sites is 6. The molecular formula is C120H177Br3N6O15. The number of carbonyl (C=O) groups excluding carboxylic acids is 6. The molecule has 0 aromatic heterocycles. The number of rotatable bonds is 40. The number of hydrogen-bond donors (Lipinski definition) is 0. The molecule has 0 saturated heterocycles. The predicted octanol–water partition coefficient (Wildman–Crippen LogP) is 21.4. The third-order valence-corrected chi connectivity index (χ3v) is 27.8. The van der Waals surface area contributed by atoms with E-state index in [9.17, 15) is 28.8 Å². The Bertz CT molecular complexity index is 5320. The zero-order valence-electron chi connectivity index (χ0n) is 88.4. The lowest BCUT2D eigenvalue weighted by Gasteiger charge is -2.43. The van der Waals surface area contributed by atoms with Crippen LogP contribution in [-0.2, 0) is 104 Å². The molecule has 2 atom stereocenters. The molecule has 6 aromatic rings. The first-order valence-corrected chi connectivity index (χ1v) is 50.8. The average molecular weight is 2180 g/mol. The number of benzene rings is 6. The number of esters is 6. The van der Waals surface area contributed by atoms with Gasteiger partial charge >= 0.3 is 35.8 Å². The van der Waals surface area contributed by atoms with Crippen molar-refractivity contribution in [3.8, 4) is 0 Å². The Labute approximate surface area is 897 Å². The summed E-state index contributed by atoms with van der Waals surface area (Å²) in [5.74, 6) is -0.771. The second-order valence-electron chi connectivity index (χ2n) is 38.3. The molecular weight excluding hydrogens is 2010 g/mol. The van der Waals surface area contributed by atoms with Crippen molar-refractivity contribution in [2.75, 3.05) is 114 Å². The summed E-state index contributed by atoms with van der Waals surface area (Å²) >= 11 is 3.22. The predicted molar refractivity (Wildman–Crippen MR) is 593 cm³/mol. The number of aliphatic imine (C=N–C) groups is 1. The van der Waals surface area contributed by atoms with E-state index in [0.29, 0.717) is 78.2 Å². The number of ether oxygens (including phenoxy) is 9. The molecule has 0 spiro atoms.